The van der Waals surface area contributed by atoms with E-state index in [0.717, 1.165) is 4.31 Å². The maximum Gasteiger partial charge on any atom is 0.243 e. The summed E-state index contributed by atoms with van der Waals surface area (Å²) in [7, 11) is -4.01. The van der Waals surface area contributed by atoms with Crippen molar-refractivity contribution >= 4 is 15.9 Å². The molecule has 2 unspecified atom stereocenters. The third-order valence-corrected chi connectivity index (χ3v) is 5.01. The molecular formula is C12H12FN3O3S. The van der Waals surface area contributed by atoms with Crippen LogP contribution >= 0.6 is 0 Å². The van der Waals surface area contributed by atoms with Crippen LogP contribution in [-0.4, -0.2) is 37.4 Å². The molecule has 1 aromatic rings. The number of alkyl halides is 1. The van der Waals surface area contributed by atoms with Gasteiger partial charge in [-0.2, -0.15) is 9.57 Å². The maximum atomic E-state index is 13.4. The summed E-state index contributed by atoms with van der Waals surface area (Å²) in [4.78, 5) is 11.1. The van der Waals surface area contributed by atoms with E-state index in [0.29, 0.717) is 5.56 Å². The standard InChI is InChI=1S/C12H12FN3O3S/c13-9-5-11(12(15)17)16(7-9)20(18,19)10-3-1-8(6-14)2-4-10/h1-4,9,11H,5,7H2,(H2,15,17). The monoisotopic (exact) mass is 297 g/mol. The molecule has 1 aliphatic heterocycles. The zero-order valence-electron chi connectivity index (χ0n) is 10.4. The average Bonchev–Trinajstić information content (AvgIpc) is 2.82. The van der Waals surface area contributed by atoms with Gasteiger partial charge in [-0.3, -0.25) is 4.79 Å². The summed E-state index contributed by atoms with van der Waals surface area (Å²) >= 11 is 0. The number of carbonyl (C=O) groups excluding carboxylic acids is 1. The summed E-state index contributed by atoms with van der Waals surface area (Å²) in [5.74, 6) is -0.873. The van der Waals surface area contributed by atoms with Crippen LogP contribution in [0.4, 0.5) is 4.39 Å². The van der Waals surface area contributed by atoms with E-state index in [9.17, 15) is 17.6 Å². The lowest BCUT2D eigenvalue weighted by atomic mass is 10.2. The van der Waals surface area contributed by atoms with Gasteiger partial charge in [0.05, 0.1) is 16.5 Å². The summed E-state index contributed by atoms with van der Waals surface area (Å²) in [5.41, 5.74) is 5.42. The van der Waals surface area contributed by atoms with E-state index < -0.39 is 34.7 Å². The van der Waals surface area contributed by atoms with Crippen molar-refractivity contribution in [3.63, 3.8) is 0 Å². The van der Waals surface area contributed by atoms with Crippen molar-refractivity contribution < 1.29 is 17.6 Å². The van der Waals surface area contributed by atoms with Gasteiger partial charge in [0.25, 0.3) is 0 Å². The molecule has 2 rings (SSSR count). The fourth-order valence-electron chi connectivity index (χ4n) is 2.12. The Morgan fingerprint density at radius 2 is 2.00 bits per heavy atom. The topological polar surface area (TPSA) is 104 Å². The number of hydrogen-bond acceptors (Lipinski definition) is 4. The zero-order chi connectivity index (χ0) is 14.9. The number of rotatable bonds is 3. The minimum Gasteiger partial charge on any atom is -0.368 e. The molecule has 6 nitrogen and oxygen atoms in total. The molecule has 2 N–H and O–H groups in total. The molecule has 2 atom stereocenters. The number of amides is 1. The summed E-state index contributed by atoms with van der Waals surface area (Å²) in [6, 6.07) is 5.87. The number of hydrogen-bond donors (Lipinski definition) is 1. The van der Waals surface area contributed by atoms with Gasteiger partial charge in [0.15, 0.2) is 0 Å². The fraction of sp³-hybridized carbons (Fsp3) is 0.333. The molecule has 106 valence electrons. The van der Waals surface area contributed by atoms with Crippen LogP contribution in [0.15, 0.2) is 29.2 Å². The number of halogens is 1. The molecule has 0 saturated carbocycles. The summed E-state index contributed by atoms with van der Waals surface area (Å²) in [5, 5.41) is 8.67. The van der Waals surface area contributed by atoms with Gasteiger partial charge < -0.3 is 5.73 Å². The van der Waals surface area contributed by atoms with Crippen LogP contribution < -0.4 is 5.73 Å². The van der Waals surface area contributed by atoms with Gasteiger partial charge in [0.2, 0.25) is 15.9 Å². The lowest BCUT2D eigenvalue weighted by Gasteiger charge is -2.21. The molecular weight excluding hydrogens is 285 g/mol. The average molecular weight is 297 g/mol. The first-order chi connectivity index (χ1) is 9.36. The van der Waals surface area contributed by atoms with Gasteiger partial charge in [-0.25, -0.2) is 12.8 Å². The van der Waals surface area contributed by atoms with Crippen molar-refractivity contribution in [2.24, 2.45) is 5.73 Å². The maximum absolute atomic E-state index is 13.4. The Morgan fingerprint density at radius 3 is 2.50 bits per heavy atom. The first-order valence-electron chi connectivity index (χ1n) is 5.81. The SMILES string of the molecule is N#Cc1ccc(S(=O)(=O)N2CC(F)CC2C(N)=O)cc1. The molecule has 0 aromatic heterocycles. The van der Waals surface area contributed by atoms with Crippen molar-refractivity contribution in [1.29, 1.82) is 5.26 Å². The van der Waals surface area contributed by atoms with Crippen molar-refractivity contribution in [3.05, 3.63) is 29.8 Å². The number of nitrogens with two attached hydrogens (primary N) is 1. The lowest BCUT2D eigenvalue weighted by Crippen LogP contribution is -2.43. The van der Waals surface area contributed by atoms with E-state index in [1.54, 1.807) is 0 Å². The first-order valence-corrected chi connectivity index (χ1v) is 7.25. The largest absolute Gasteiger partial charge is 0.368 e. The van der Waals surface area contributed by atoms with E-state index in [-0.39, 0.29) is 11.3 Å². The number of carbonyl (C=O) groups is 1. The minimum atomic E-state index is -4.01. The molecule has 0 bridgehead atoms. The number of nitriles is 1. The van der Waals surface area contributed by atoms with Crippen LogP contribution in [0.2, 0.25) is 0 Å². The van der Waals surface area contributed by atoms with Crippen LogP contribution in [0.1, 0.15) is 12.0 Å². The highest BCUT2D eigenvalue weighted by Crippen LogP contribution is 2.27. The highest BCUT2D eigenvalue weighted by Gasteiger charge is 2.43. The smallest absolute Gasteiger partial charge is 0.243 e. The molecule has 1 amide bonds. The molecule has 1 fully saturated rings. The lowest BCUT2D eigenvalue weighted by molar-refractivity contribution is -0.121. The molecule has 0 aliphatic carbocycles. The number of primary amides is 1. The van der Waals surface area contributed by atoms with E-state index in [1.807, 2.05) is 6.07 Å². The molecule has 8 heteroatoms. The second-order valence-electron chi connectivity index (χ2n) is 4.46. The normalized spacial score (nSPS) is 23.4. The van der Waals surface area contributed by atoms with Crippen LogP contribution in [-0.2, 0) is 14.8 Å². The van der Waals surface area contributed by atoms with Gasteiger partial charge in [-0.05, 0) is 24.3 Å². The summed E-state index contributed by atoms with van der Waals surface area (Å²) in [6.07, 6.45) is -1.65. The third-order valence-electron chi connectivity index (χ3n) is 3.12. The number of sulfonamides is 1. The fourth-order valence-corrected chi connectivity index (χ4v) is 3.75. The van der Waals surface area contributed by atoms with Gasteiger partial charge in [0, 0.05) is 13.0 Å². The van der Waals surface area contributed by atoms with Gasteiger partial charge >= 0.3 is 0 Å². The van der Waals surface area contributed by atoms with Crippen LogP contribution in [0.25, 0.3) is 0 Å². The Bertz CT molecular complexity index is 666. The highest BCUT2D eigenvalue weighted by molar-refractivity contribution is 7.89. The second-order valence-corrected chi connectivity index (χ2v) is 6.35. The van der Waals surface area contributed by atoms with Gasteiger partial charge in [0.1, 0.15) is 12.2 Å². The molecule has 1 aromatic carbocycles. The van der Waals surface area contributed by atoms with E-state index in [1.165, 1.54) is 24.3 Å². The van der Waals surface area contributed by atoms with Crippen LogP contribution in [0.3, 0.4) is 0 Å². The quantitative estimate of drug-likeness (QED) is 0.857. The van der Waals surface area contributed by atoms with Gasteiger partial charge in [-0.1, -0.05) is 0 Å². The third kappa shape index (κ3) is 2.50. The minimum absolute atomic E-state index is 0.100. The molecule has 20 heavy (non-hydrogen) atoms. The van der Waals surface area contributed by atoms with E-state index >= 15 is 0 Å². The Labute approximate surface area is 115 Å². The Balaban J connectivity index is 2.38. The first kappa shape index (κ1) is 14.4. The molecule has 1 heterocycles. The number of nitrogens with zero attached hydrogens (tertiary/aromatic N) is 2. The van der Waals surface area contributed by atoms with Crippen molar-refractivity contribution in [2.45, 2.75) is 23.5 Å². The zero-order valence-corrected chi connectivity index (χ0v) is 11.2. The molecule has 1 saturated heterocycles. The Hall–Kier alpha value is -1.98. The Kier molecular flexibility index (Phi) is 3.74. The molecule has 0 spiro atoms. The predicted molar refractivity (Wildman–Crippen MR) is 67.5 cm³/mol. The molecule has 0 radical (unpaired) electrons. The van der Waals surface area contributed by atoms with Crippen LogP contribution in [0, 0.1) is 11.3 Å². The number of benzene rings is 1. The van der Waals surface area contributed by atoms with Crippen molar-refractivity contribution in [1.82, 2.24) is 4.31 Å². The predicted octanol–water partition coefficient (Wildman–Crippen LogP) is 0.145. The van der Waals surface area contributed by atoms with E-state index in [2.05, 4.69) is 0 Å². The van der Waals surface area contributed by atoms with Crippen molar-refractivity contribution in [2.75, 3.05) is 6.54 Å². The highest BCUT2D eigenvalue weighted by atomic mass is 32.2. The molecule has 1 aliphatic rings. The van der Waals surface area contributed by atoms with Gasteiger partial charge in [-0.15, -0.1) is 0 Å². The van der Waals surface area contributed by atoms with E-state index in [4.69, 9.17) is 11.0 Å². The summed E-state index contributed by atoms with van der Waals surface area (Å²) in [6.45, 7) is -0.393. The summed E-state index contributed by atoms with van der Waals surface area (Å²) < 4.78 is 38.9. The van der Waals surface area contributed by atoms with Crippen LogP contribution in [0.5, 0.6) is 0 Å². The Morgan fingerprint density at radius 1 is 1.40 bits per heavy atom. The van der Waals surface area contributed by atoms with Crippen molar-refractivity contribution in [3.8, 4) is 6.07 Å². The second kappa shape index (κ2) is 5.19.